The molecule has 0 heterocycles. The Morgan fingerprint density at radius 2 is 1.42 bits per heavy atom. The first-order chi connectivity index (χ1) is 8.95. The Labute approximate surface area is 119 Å². The predicted molar refractivity (Wildman–Crippen MR) is 85.4 cm³/mol. The molecular formula is C18H31N. The second-order valence-corrected chi connectivity index (χ2v) is 6.38. The van der Waals surface area contributed by atoms with E-state index in [0.717, 1.165) is 30.7 Å². The van der Waals surface area contributed by atoms with Crippen molar-refractivity contribution in [3.8, 4) is 0 Å². The summed E-state index contributed by atoms with van der Waals surface area (Å²) in [6.07, 6.45) is 1.12. The van der Waals surface area contributed by atoms with E-state index in [1.165, 1.54) is 11.1 Å². The molecule has 1 rings (SSSR count). The smallest absolute Gasteiger partial charge is 0.0291 e. The molecule has 0 amide bonds. The molecule has 0 aliphatic carbocycles. The molecule has 19 heavy (non-hydrogen) atoms. The van der Waals surface area contributed by atoms with Gasteiger partial charge in [-0.1, -0.05) is 58.9 Å². The van der Waals surface area contributed by atoms with Crippen LogP contribution >= 0.6 is 0 Å². The number of benzene rings is 1. The average Bonchev–Trinajstić information content (AvgIpc) is 2.38. The van der Waals surface area contributed by atoms with Crippen LogP contribution < -0.4 is 5.32 Å². The highest BCUT2D eigenvalue weighted by Crippen LogP contribution is 2.21. The minimum atomic E-state index is 0.436. The molecule has 1 heteroatoms. The first-order valence-corrected chi connectivity index (χ1v) is 7.77. The summed E-state index contributed by atoms with van der Waals surface area (Å²) in [6, 6.07) is 9.45. The summed E-state index contributed by atoms with van der Waals surface area (Å²) in [5.74, 6) is 2.22. The molecule has 0 fully saturated rings. The van der Waals surface area contributed by atoms with E-state index in [1.807, 2.05) is 0 Å². The third kappa shape index (κ3) is 4.99. The predicted octanol–water partition coefficient (Wildman–Crippen LogP) is 4.83. The molecule has 1 aromatic rings. The lowest BCUT2D eigenvalue weighted by atomic mass is 9.85. The van der Waals surface area contributed by atoms with Crippen LogP contribution in [-0.2, 0) is 6.42 Å². The highest BCUT2D eigenvalue weighted by molar-refractivity contribution is 5.24. The molecule has 0 spiro atoms. The van der Waals surface area contributed by atoms with Crippen LogP contribution in [0.3, 0.4) is 0 Å². The Balaban J connectivity index is 2.56. The third-order valence-electron chi connectivity index (χ3n) is 4.26. The van der Waals surface area contributed by atoms with Crippen molar-refractivity contribution in [2.24, 2.45) is 17.8 Å². The highest BCUT2D eigenvalue weighted by atomic mass is 14.9. The molecule has 0 saturated heterocycles. The van der Waals surface area contributed by atoms with Crippen LogP contribution in [0.5, 0.6) is 0 Å². The van der Waals surface area contributed by atoms with Gasteiger partial charge in [-0.15, -0.1) is 0 Å². The van der Waals surface area contributed by atoms with Crippen LogP contribution in [0, 0.1) is 17.8 Å². The highest BCUT2D eigenvalue weighted by Gasteiger charge is 2.18. The van der Waals surface area contributed by atoms with Crippen LogP contribution in [0.1, 0.15) is 58.7 Å². The molecule has 0 aliphatic rings. The van der Waals surface area contributed by atoms with Gasteiger partial charge in [0.1, 0.15) is 0 Å². The van der Waals surface area contributed by atoms with Crippen LogP contribution in [0.4, 0.5) is 0 Å². The van der Waals surface area contributed by atoms with Gasteiger partial charge in [-0.2, -0.15) is 0 Å². The monoisotopic (exact) mass is 261 g/mol. The molecule has 1 nitrogen and oxygen atoms in total. The number of hydrogen-bond donors (Lipinski definition) is 1. The molecular weight excluding hydrogens is 230 g/mol. The van der Waals surface area contributed by atoms with Crippen molar-refractivity contribution in [1.82, 2.24) is 5.32 Å². The minimum absolute atomic E-state index is 0.436. The van der Waals surface area contributed by atoms with Gasteiger partial charge in [-0.25, -0.2) is 0 Å². The Kier molecular flexibility index (Phi) is 6.57. The average molecular weight is 261 g/mol. The van der Waals surface area contributed by atoms with Crippen LogP contribution in [-0.4, -0.2) is 6.54 Å². The second-order valence-electron chi connectivity index (χ2n) is 6.38. The summed E-state index contributed by atoms with van der Waals surface area (Å²) in [5.41, 5.74) is 2.81. The SMILES string of the molecule is CCc1ccc(C(C)NCC(C(C)C)C(C)C)cc1. The number of hydrogen-bond acceptors (Lipinski definition) is 1. The second kappa shape index (κ2) is 7.69. The lowest BCUT2D eigenvalue weighted by Crippen LogP contribution is -2.31. The molecule has 108 valence electrons. The Morgan fingerprint density at radius 1 is 0.895 bits per heavy atom. The van der Waals surface area contributed by atoms with Crippen molar-refractivity contribution in [2.75, 3.05) is 6.54 Å². The zero-order valence-electron chi connectivity index (χ0n) is 13.5. The van der Waals surface area contributed by atoms with Crippen molar-refractivity contribution >= 4 is 0 Å². The van der Waals surface area contributed by atoms with Gasteiger partial charge >= 0.3 is 0 Å². The quantitative estimate of drug-likeness (QED) is 0.741. The maximum absolute atomic E-state index is 3.70. The summed E-state index contributed by atoms with van der Waals surface area (Å²) in [6.45, 7) is 14.9. The van der Waals surface area contributed by atoms with E-state index in [4.69, 9.17) is 0 Å². The summed E-state index contributed by atoms with van der Waals surface area (Å²) in [5, 5.41) is 3.70. The standard InChI is InChI=1S/C18H31N/c1-7-16-8-10-17(11-9-16)15(6)19-12-18(13(2)3)14(4)5/h8-11,13-15,18-19H,7,12H2,1-6H3. The van der Waals surface area contributed by atoms with Gasteiger partial charge in [-0.3, -0.25) is 0 Å². The number of nitrogens with one attached hydrogen (secondary N) is 1. The molecule has 0 bridgehead atoms. The van der Waals surface area contributed by atoms with Gasteiger partial charge in [0.15, 0.2) is 0 Å². The summed E-state index contributed by atoms with van der Waals surface area (Å²) in [7, 11) is 0. The van der Waals surface area contributed by atoms with Gasteiger partial charge in [0.05, 0.1) is 0 Å². The summed E-state index contributed by atoms with van der Waals surface area (Å²) >= 11 is 0. The molecule has 1 aromatic carbocycles. The maximum Gasteiger partial charge on any atom is 0.0291 e. The summed E-state index contributed by atoms with van der Waals surface area (Å²) < 4.78 is 0. The Bertz CT molecular complexity index is 342. The van der Waals surface area contributed by atoms with Gasteiger partial charge in [0.2, 0.25) is 0 Å². The zero-order chi connectivity index (χ0) is 14.4. The summed E-state index contributed by atoms with van der Waals surface area (Å²) in [4.78, 5) is 0. The van der Waals surface area contributed by atoms with Crippen LogP contribution in [0.2, 0.25) is 0 Å². The molecule has 0 saturated carbocycles. The fraction of sp³-hybridized carbons (Fsp3) is 0.667. The molecule has 1 atom stereocenters. The first-order valence-electron chi connectivity index (χ1n) is 7.77. The van der Waals surface area contributed by atoms with Crippen molar-refractivity contribution in [2.45, 2.75) is 54.0 Å². The van der Waals surface area contributed by atoms with E-state index in [0.29, 0.717) is 6.04 Å². The van der Waals surface area contributed by atoms with Crippen molar-refractivity contribution in [3.63, 3.8) is 0 Å². The number of rotatable bonds is 7. The van der Waals surface area contributed by atoms with E-state index in [1.54, 1.807) is 0 Å². The third-order valence-corrected chi connectivity index (χ3v) is 4.26. The maximum atomic E-state index is 3.70. The largest absolute Gasteiger partial charge is 0.310 e. The molecule has 0 aliphatic heterocycles. The minimum Gasteiger partial charge on any atom is -0.310 e. The van der Waals surface area contributed by atoms with E-state index < -0.39 is 0 Å². The number of aryl methyl sites for hydroxylation is 1. The van der Waals surface area contributed by atoms with E-state index >= 15 is 0 Å². The Hall–Kier alpha value is -0.820. The lowest BCUT2D eigenvalue weighted by molar-refractivity contribution is 0.268. The molecule has 0 radical (unpaired) electrons. The van der Waals surface area contributed by atoms with Crippen molar-refractivity contribution in [1.29, 1.82) is 0 Å². The van der Waals surface area contributed by atoms with Crippen molar-refractivity contribution in [3.05, 3.63) is 35.4 Å². The molecule has 0 aromatic heterocycles. The van der Waals surface area contributed by atoms with E-state index in [2.05, 4.69) is 71.1 Å². The fourth-order valence-corrected chi connectivity index (χ4v) is 2.71. The van der Waals surface area contributed by atoms with E-state index in [-0.39, 0.29) is 0 Å². The van der Waals surface area contributed by atoms with Crippen LogP contribution in [0.25, 0.3) is 0 Å². The fourth-order valence-electron chi connectivity index (χ4n) is 2.71. The molecule has 1 N–H and O–H groups in total. The van der Waals surface area contributed by atoms with Gasteiger partial charge < -0.3 is 5.32 Å². The van der Waals surface area contributed by atoms with Crippen LogP contribution in [0.15, 0.2) is 24.3 Å². The van der Waals surface area contributed by atoms with Gasteiger partial charge in [0, 0.05) is 6.04 Å². The normalized spacial score (nSPS) is 13.5. The van der Waals surface area contributed by atoms with Gasteiger partial charge in [-0.05, 0) is 48.8 Å². The van der Waals surface area contributed by atoms with E-state index in [9.17, 15) is 0 Å². The zero-order valence-corrected chi connectivity index (χ0v) is 13.5. The van der Waals surface area contributed by atoms with Crippen molar-refractivity contribution < 1.29 is 0 Å². The Morgan fingerprint density at radius 3 is 1.84 bits per heavy atom. The topological polar surface area (TPSA) is 12.0 Å². The lowest BCUT2D eigenvalue weighted by Gasteiger charge is -2.27. The molecule has 1 unspecified atom stereocenters. The first kappa shape index (κ1) is 16.2. The van der Waals surface area contributed by atoms with Gasteiger partial charge in [0.25, 0.3) is 0 Å².